The van der Waals surface area contributed by atoms with Gasteiger partial charge < -0.3 is 4.74 Å². The van der Waals surface area contributed by atoms with Gasteiger partial charge in [-0.25, -0.2) is 9.78 Å². The second kappa shape index (κ2) is 7.63. The van der Waals surface area contributed by atoms with Crippen molar-refractivity contribution in [3.05, 3.63) is 70.5 Å². The van der Waals surface area contributed by atoms with Crippen LogP contribution in [0.15, 0.2) is 48.7 Å². The second-order valence-corrected chi connectivity index (χ2v) is 6.89. The fourth-order valence-electron chi connectivity index (χ4n) is 2.35. The number of rotatable bonds is 4. The largest absolute Gasteiger partial charge is 0.463 e. The number of halogens is 1. The van der Waals surface area contributed by atoms with Crippen LogP contribution in [0.1, 0.15) is 44.4 Å². The number of hydrogen-bond acceptors (Lipinski definition) is 3. The van der Waals surface area contributed by atoms with Gasteiger partial charge in [0, 0.05) is 12.3 Å². The molecule has 0 fully saturated rings. The van der Waals surface area contributed by atoms with Crippen LogP contribution in [0.5, 0.6) is 0 Å². The zero-order valence-electron chi connectivity index (χ0n) is 14.5. The molecular formula is C20H22ClNO2. The number of pyridine rings is 1. The molecule has 0 aliphatic heterocycles. The molecule has 0 radical (unpaired) electrons. The maximum atomic E-state index is 12.0. The summed E-state index contributed by atoms with van der Waals surface area (Å²) in [5.74, 6) is -0.375. The predicted octanol–water partition coefficient (Wildman–Crippen LogP) is 5.03. The van der Waals surface area contributed by atoms with E-state index >= 15 is 0 Å². The zero-order valence-corrected chi connectivity index (χ0v) is 15.2. The van der Waals surface area contributed by atoms with E-state index < -0.39 is 0 Å². The Kier molecular flexibility index (Phi) is 5.79. The van der Waals surface area contributed by atoms with Gasteiger partial charge in [-0.05, 0) is 46.7 Å². The van der Waals surface area contributed by atoms with Crippen molar-refractivity contribution in [1.29, 1.82) is 0 Å². The number of carbonyl (C=O) groups excluding carboxylic acids is 1. The van der Waals surface area contributed by atoms with Crippen molar-refractivity contribution >= 4 is 23.1 Å². The van der Waals surface area contributed by atoms with Crippen molar-refractivity contribution in [2.75, 3.05) is 6.61 Å². The van der Waals surface area contributed by atoms with Crippen LogP contribution in [0.4, 0.5) is 0 Å². The molecule has 4 heteroatoms. The third kappa shape index (κ3) is 4.68. The van der Waals surface area contributed by atoms with Crippen molar-refractivity contribution in [1.82, 2.24) is 4.98 Å². The minimum absolute atomic E-state index is 0.0729. The zero-order chi connectivity index (χ0) is 17.7. The number of ether oxygens (including phenoxy) is 1. The summed E-state index contributed by atoms with van der Waals surface area (Å²) in [6.45, 7) is 8.62. The predicted molar refractivity (Wildman–Crippen MR) is 98.1 cm³/mol. The summed E-state index contributed by atoms with van der Waals surface area (Å²) in [6.07, 6.45) is 3.13. The molecule has 1 heterocycles. The molecule has 0 saturated carbocycles. The van der Waals surface area contributed by atoms with Crippen molar-refractivity contribution < 1.29 is 9.53 Å². The minimum atomic E-state index is -0.375. The lowest BCUT2D eigenvalue weighted by molar-refractivity contribution is -0.137. The fraction of sp³-hybridized carbons (Fsp3) is 0.300. The van der Waals surface area contributed by atoms with E-state index in [2.05, 4.69) is 37.9 Å². The van der Waals surface area contributed by atoms with Gasteiger partial charge in [-0.15, -0.1) is 0 Å². The average molecular weight is 344 g/mol. The van der Waals surface area contributed by atoms with E-state index in [1.807, 2.05) is 18.2 Å². The van der Waals surface area contributed by atoms with Crippen molar-refractivity contribution in [2.24, 2.45) is 0 Å². The Bertz CT molecular complexity index is 743. The molecule has 126 valence electrons. The van der Waals surface area contributed by atoms with Gasteiger partial charge in [-0.3, -0.25) is 0 Å². The minimum Gasteiger partial charge on any atom is -0.463 e. The van der Waals surface area contributed by atoms with Gasteiger partial charge in [0.05, 0.1) is 6.61 Å². The molecule has 2 aromatic rings. The Balaban J connectivity index is 2.48. The lowest BCUT2D eigenvalue weighted by atomic mass is 9.85. The highest BCUT2D eigenvalue weighted by Gasteiger charge is 2.15. The number of esters is 1. The van der Waals surface area contributed by atoms with Crippen LogP contribution in [0.3, 0.4) is 0 Å². The van der Waals surface area contributed by atoms with Crippen LogP contribution >= 0.6 is 11.6 Å². The highest BCUT2D eigenvalue weighted by molar-refractivity contribution is 6.29. The topological polar surface area (TPSA) is 39.2 Å². The SMILES string of the molecule is CCOC(=O)C=C(c1ccc(C(C)(C)C)cc1)c1ccnc(Cl)c1. The van der Waals surface area contributed by atoms with E-state index in [1.165, 1.54) is 11.6 Å². The van der Waals surface area contributed by atoms with Gasteiger partial charge >= 0.3 is 5.97 Å². The molecule has 0 amide bonds. The van der Waals surface area contributed by atoms with Crippen LogP contribution in [0, 0.1) is 0 Å². The van der Waals surface area contributed by atoms with Gasteiger partial charge in [0.15, 0.2) is 0 Å². The first kappa shape index (κ1) is 18.2. The number of hydrogen-bond donors (Lipinski definition) is 0. The van der Waals surface area contributed by atoms with Crippen molar-refractivity contribution in [3.8, 4) is 0 Å². The highest BCUT2D eigenvalue weighted by Crippen LogP contribution is 2.28. The molecular weight excluding hydrogens is 322 g/mol. The van der Waals surface area contributed by atoms with E-state index in [-0.39, 0.29) is 11.4 Å². The molecule has 0 spiro atoms. The van der Waals surface area contributed by atoms with Gasteiger partial charge in [-0.1, -0.05) is 56.6 Å². The quantitative estimate of drug-likeness (QED) is 0.444. The van der Waals surface area contributed by atoms with E-state index in [1.54, 1.807) is 19.2 Å². The Labute approximate surface area is 148 Å². The molecule has 0 atom stereocenters. The first-order valence-electron chi connectivity index (χ1n) is 7.92. The third-order valence-corrected chi connectivity index (χ3v) is 3.85. The molecule has 1 aromatic carbocycles. The number of nitrogens with zero attached hydrogens (tertiary/aromatic N) is 1. The Morgan fingerprint density at radius 2 is 1.83 bits per heavy atom. The van der Waals surface area contributed by atoms with Crippen LogP contribution < -0.4 is 0 Å². The lowest BCUT2D eigenvalue weighted by Gasteiger charge is -2.19. The van der Waals surface area contributed by atoms with E-state index in [0.29, 0.717) is 11.8 Å². The van der Waals surface area contributed by atoms with Crippen molar-refractivity contribution in [3.63, 3.8) is 0 Å². The smallest absolute Gasteiger partial charge is 0.331 e. The summed E-state index contributed by atoms with van der Waals surface area (Å²) in [5, 5.41) is 0.383. The molecule has 0 aliphatic rings. The molecule has 0 bridgehead atoms. The number of carbonyl (C=O) groups is 1. The fourth-order valence-corrected chi connectivity index (χ4v) is 2.53. The molecule has 0 N–H and O–H groups in total. The monoisotopic (exact) mass is 343 g/mol. The third-order valence-electron chi connectivity index (χ3n) is 3.65. The summed E-state index contributed by atoms with van der Waals surface area (Å²) >= 11 is 6.00. The molecule has 0 aliphatic carbocycles. The Morgan fingerprint density at radius 3 is 2.38 bits per heavy atom. The van der Waals surface area contributed by atoms with Crippen LogP contribution in [-0.4, -0.2) is 17.6 Å². The Morgan fingerprint density at radius 1 is 1.17 bits per heavy atom. The average Bonchev–Trinajstić information content (AvgIpc) is 2.52. The maximum Gasteiger partial charge on any atom is 0.331 e. The van der Waals surface area contributed by atoms with Crippen molar-refractivity contribution in [2.45, 2.75) is 33.1 Å². The summed E-state index contributed by atoms with van der Waals surface area (Å²) in [6, 6.07) is 11.8. The summed E-state index contributed by atoms with van der Waals surface area (Å²) in [5.41, 5.74) is 3.82. The molecule has 3 nitrogen and oxygen atoms in total. The van der Waals surface area contributed by atoms with Gasteiger partial charge in [0.1, 0.15) is 5.15 Å². The van der Waals surface area contributed by atoms with E-state index in [9.17, 15) is 4.79 Å². The van der Waals surface area contributed by atoms with E-state index in [4.69, 9.17) is 16.3 Å². The molecule has 2 rings (SSSR count). The summed E-state index contributed by atoms with van der Waals surface area (Å²) < 4.78 is 5.06. The normalized spacial score (nSPS) is 12.1. The first-order valence-corrected chi connectivity index (χ1v) is 8.30. The van der Waals surface area contributed by atoms with Gasteiger partial charge in [-0.2, -0.15) is 0 Å². The lowest BCUT2D eigenvalue weighted by Crippen LogP contribution is -2.10. The van der Waals surface area contributed by atoms with Crippen LogP contribution in [0.25, 0.3) is 5.57 Å². The van der Waals surface area contributed by atoms with Crippen LogP contribution in [-0.2, 0) is 14.9 Å². The number of aromatic nitrogens is 1. The van der Waals surface area contributed by atoms with Gasteiger partial charge in [0.25, 0.3) is 0 Å². The van der Waals surface area contributed by atoms with Gasteiger partial charge in [0.2, 0.25) is 0 Å². The second-order valence-electron chi connectivity index (χ2n) is 6.50. The first-order chi connectivity index (χ1) is 11.3. The van der Waals surface area contributed by atoms with Crippen LogP contribution in [0.2, 0.25) is 5.15 Å². The maximum absolute atomic E-state index is 12.0. The molecule has 1 aromatic heterocycles. The number of benzene rings is 1. The summed E-state index contributed by atoms with van der Waals surface area (Å²) in [4.78, 5) is 16.0. The van der Waals surface area contributed by atoms with E-state index in [0.717, 1.165) is 16.7 Å². The Hall–Kier alpha value is -2.13. The molecule has 0 unspecified atom stereocenters. The standard InChI is InChI=1S/C20H22ClNO2/c1-5-24-19(23)13-17(15-10-11-22-18(21)12-15)14-6-8-16(9-7-14)20(2,3)4/h6-13H,5H2,1-4H3. The summed E-state index contributed by atoms with van der Waals surface area (Å²) in [7, 11) is 0. The molecule has 24 heavy (non-hydrogen) atoms. The molecule has 0 saturated heterocycles. The highest BCUT2D eigenvalue weighted by atomic mass is 35.5.